The van der Waals surface area contributed by atoms with E-state index in [9.17, 15) is 5.26 Å². The van der Waals surface area contributed by atoms with Crippen molar-refractivity contribution in [3.8, 4) is 6.07 Å². The number of nitrogens with two attached hydrogens (primary N) is 2. The van der Waals surface area contributed by atoms with Gasteiger partial charge in [-0.25, -0.2) is 9.97 Å². The van der Waals surface area contributed by atoms with E-state index in [1.54, 1.807) is 6.20 Å². The number of aromatic nitrogens is 3. The predicted octanol–water partition coefficient (Wildman–Crippen LogP) is 4.85. The topological polar surface area (TPSA) is 118 Å². The van der Waals surface area contributed by atoms with Gasteiger partial charge in [-0.3, -0.25) is 4.98 Å². The average Bonchev–Trinajstić information content (AvgIpc) is 3.68. The van der Waals surface area contributed by atoms with Gasteiger partial charge in [-0.05, 0) is 54.7 Å². The lowest BCUT2D eigenvalue weighted by Crippen LogP contribution is -2.45. The number of benzene rings is 1. The molecule has 1 saturated carbocycles. The second kappa shape index (κ2) is 8.66. The van der Waals surface area contributed by atoms with Crippen molar-refractivity contribution in [1.82, 2.24) is 15.0 Å². The van der Waals surface area contributed by atoms with E-state index in [0.29, 0.717) is 27.6 Å². The molecular formula is C26H26ClN7S. The highest BCUT2D eigenvalue weighted by Gasteiger charge is 2.46. The summed E-state index contributed by atoms with van der Waals surface area (Å²) in [5, 5.41) is 11.0. The molecule has 1 atom stereocenters. The number of halogens is 1. The zero-order valence-electron chi connectivity index (χ0n) is 19.2. The molecule has 3 heterocycles. The third-order valence-corrected chi connectivity index (χ3v) is 9.24. The van der Waals surface area contributed by atoms with Crippen molar-refractivity contribution in [3.05, 3.63) is 64.1 Å². The van der Waals surface area contributed by atoms with Crippen LogP contribution in [0.2, 0.25) is 5.02 Å². The molecule has 3 aromatic rings. The number of piperidine rings is 1. The first-order chi connectivity index (χ1) is 17.0. The first-order valence-electron chi connectivity index (χ1n) is 12.0. The van der Waals surface area contributed by atoms with Gasteiger partial charge in [-0.2, -0.15) is 5.26 Å². The van der Waals surface area contributed by atoms with E-state index in [2.05, 4.69) is 50.2 Å². The fourth-order valence-corrected chi connectivity index (χ4v) is 6.73. The first-order valence-corrected chi connectivity index (χ1v) is 13.2. The molecule has 0 amide bonds. The van der Waals surface area contributed by atoms with Crippen LogP contribution in [0.4, 0.5) is 11.6 Å². The van der Waals surface area contributed by atoms with E-state index in [-0.39, 0.29) is 17.2 Å². The molecule has 1 spiro atoms. The summed E-state index contributed by atoms with van der Waals surface area (Å²) in [6.07, 6.45) is 6.86. The summed E-state index contributed by atoms with van der Waals surface area (Å²) in [6.45, 7) is 1.52. The minimum Gasteiger partial charge on any atom is -0.381 e. The fraction of sp³-hybridized carbons (Fsp3) is 0.385. The van der Waals surface area contributed by atoms with Crippen LogP contribution in [0.25, 0.3) is 0 Å². The molecule has 0 bridgehead atoms. The number of nitriles is 1. The molecule has 1 saturated heterocycles. The summed E-state index contributed by atoms with van der Waals surface area (Å²) in [4.78, 5) is 16.6. The Morgan fingerprint density at radius 3 is 2.63 bits per heavy atom. The normalized spacial score (nSPS) is 20.6. The van der Waals surface area contributed by atoms with Gasteiger partial charge in [0.1, 0.15) is 11.1 Å². The van der Waals surface area contributed by atoms with Gasteiger partial charge in [0.25, 0.3) is 0 Å². The van der Waals surface area contributed by atoms with Gasteiger partial charge in [0.2, 0.25) is 0 Å². The summed E-state index contributed by atoms with van der Waals surface area (Å²) < 4.78 is 0. The van der Waals surface area contributed by atoms with Gasteiger partial charge in [-0.1, -0.05) is 47.6 Å². The molecular weight excluding hydrogens is 478 g/mol. The van der Waals surface area contributed by atoms with Gasteiger partial charge in [-0.15, -0.1) is 0 Å². The molecule has 7 nitrogen and oxygen atoms in total. The van der Waals surface area contributed by atoms with Crippen molar-refractivity contribution in [3.63, 3.8) is 0 Å². The van der Waals surface area contributed by atoms with E-state index in [1.165, 1.54) is 22.9 Å². The van der Waals surface area contributed by atoms with Gasteiger partial charge >= 0.3 is 0 Å². The molecule has 35 heavy (non-hydrogen) atoms. The SMILES string of the molecule is N#Cc1nc(Sc2ccnc(C3CC3)c2Cl)c(N)nc1N1CCC2(CC1)Cc1ccccc1[C@H]2N. The monoisotopic (exact) mass is 503 g/mol. The highest BCUT2D eigenvalue weighted by atomic mass is 35.5. The van der Waals surface area contributed by atoms with Gasteiger partial charge in [0, 0.05) is 36.1 Å². The van der Waals surface area contributed by atoms with Crippen LogP contribution in [0.3, 0.4) is 0 Å². The van der Waals surface area contributed by atoms with Crippen LogP contribution in [0.5, 0.6) is 0 Å². The largest absolute Gasteiger partial charge is 0.381 e. The molecule has 6 rings (SSSR count). The van der Waals surface area contributed by atoms with Crippen LogP contribution in [-0.2, 0) is 6.42 Å². The summed E-state index contributed by atoms with van der Waals surface area (Å²) in [5.41, 5.74) is 17.0. The third kappa shape index (κ3) is 3.92. The molecule has 178 valence electrons. The number of nitrogen functional groups attached to an aromatic ring is 1. The standard InChI is InChI=1S/C26H26ClN7S/c27-20-19(7-10-31-21(20)15-5-6-15)35-25-23(30)33-24(18(14-28)32-25)34-11-8-26(9-12-34)13-16-3-1-2-4-17(16)22(26)29/h1-4,7,10,15,22H,5-6,8-9,11-13,29H2,(H2,30,33)/t22-/m1/s1. The maximum Gasteiger partial charge on any atom is 0.184 e. The Labute approximate surface area is 213 Å². The minimum atomic E-state index is 0.0388. The van der Waals surface area contributed by atoms with E-state index in [1.807, 2.05) is 6.07 Å². The molecule has 1 aliphatic heterocycles. The Hall–Kier alpha value is -2.86. The van der Waals surface area contributed by atoms with Crippen molar-refractivity contribution in [2.75, 3.05) is 23.7 Å². The summed E-state index contributed by atoms with van der Waals surface area (Å²) in [5.74, 6) is 1.29. The Morgan fingerprint density at radius 2 is 1.91 bits per heavy atom. The fourth-order valence-electron chi connectivity index (χ4n) is 5.53. The van der Waals surface area contributed by atoms with E-state index >= 15 is 0 Å². The number of nitrogens with zero attached hydrogens (tertiary/aromatic N) is 5. The zero-order chi connectivity index (χ0) is 24.2. The lowest BCUT2D eigenvalue weighted by molar-refractivity contribution is 0.187. The number of rotatable bonds is 4. The second-order valence-corrected chi connectivity index (χ2v) is 11.2. The number of fused-ring (bicyclic) bond motifs is 1. The molecule has 2 aromatic heterocycles. The maximum atomic E-state index is 9.89. The van der Waals surface area contributed by atoms with E-state index in [0.717, 1.165) is 55.8 Å². The van der Waals surface area contributed by atoms with Crippen LogP contribution in [0.15, 0.2) is 46.5 Å². The zero-order valence-corrected chi connectivity index (χ0v) is 20.8. The summed E-state index contributed by atoms with van der Waals surface area (Å²) in [7, 11) is 0. The maximum absolute atomic E-state index is 9.89. The van der Waals surface area contributed by atoms with Gasteiger partial charge in [0.15, 0.2) is 17.3 Å². The molecule has 2 fully saturated rings. The molecule has 0 unspecified atom stereocenters. The van der Waals surface area contributed by atoms with Crippen LogP contribution in [0.1, 0.15) is 60.2 Å². The lowest BCUT2D eigenvalue weighted by atomic mass is 9.73. The van der Waals surface area contributed by atoms with E-state index < -0.39 is 0 Å². The molecule has 4 N–H and O–H groups in total. The molecule has 0 radical (unpaired) electrons. The molecule has 9 heteroatoms. The summed E-state index contributed by atoms with van der Waals surface area (Å²) >= 11 is 7.96. The highest BCUT2D eigenvalue weighted by molar-refractivity contribution is 7.99. The second-order valence-electron chi connectivity index (χ2n) is 9.79. The van der Waals surface area contributed by atoms with Gasteiger partial charge < -0.3 is 16.4 Å². The van der Waals surface area contributed by atoms with Gasteiger partial charge in [0.05, 0.1) is 10.7 Å². The number of hydrogen-bond donors (Lipinski definition) is 2. The number of anilines is 2. The average molecular weight is 504 g/mol. The quantitative estimate of drug-likeness (QED) is 0.518. The van der Waals surface area contributed by atoms with Crippen molar-refractivity contribution >= 4 is 35.0 Å². The van der Waals surface area contributed by atoms with Crippen molar-refractivity contribution in [1.29, 1.82) is 5.26 Å². The van der Waals surface area contributed by atoms with Crippen LogP contribution in [0, 0.1) is 16.7 Å². The van der Waals surface area contributed by atoms with Crippen LogP contribution >= 0.6 is 23.4 Å². The Balaban J connectivity index is 1.22. The Morgan fingerprint density at radius 1 is 1.14 bits per heavy atom. The third-order valence-electron chi connectivity index (χ3n) is 7.68. The van der Waals surface area contributed by atoms with Crippen molar-refractivity contribution in [2.45, 2.75) is 54.0 Å². The summed E-state index contributed by atoms with van der Waals surface area (Å²) in [6, 6.07) is 12.6. The molecule has 2 aliphatic carbocycles. The van der Waals surface area contributed by atoms with Crippen molar-refractivity contribution in [2.24, 2.45) is 11.1 Å². The number of hydrogen-bond acceptors (Lipinski definition) is 8. The number of pyridine rings is 1. The predicted molar refractivity (Wildman–Crippen MR) is 137 cm³/mol. The van der Waals surface area contributed by atoms with Crippen LogP contribution in [-0.4, -0.2) is 28.0 Å². The Kier molecular flexibility index (Phi) is 5.59. The lowest BCUT2D eigenvalue weighted by Gasteiger charge is -2.42. The smallest absolute Gasteiger partial charge is 0.184 e. The Bertz CT molecular complexity index is 1340. The van der Waals surface area contributed by atoms with Crippen LogP contribution < -0.4 is 16.4 Å². The molecule has 3 aliphatic rings. The van der Waals surface area contributed by atoms with Crippen molar-refractivity contribution < 1.29 is 0 Å². The van der Waals surface area contributed by atoms with E-state index in [4.69, 9.17) is 23.1 Å². The molecule has 1 aromatic carbocycles. The highest BCUT2D eigenvalue weighted by Crippen LogP contribution is 2.51. The minimum absolute atomic E-state index is 0.0388. The first kappa shape index (κ1) is 22.6.